The van der Waals surface area contributed by atoms with E-state index in [1.165, 1.54) is 64.2 Å². The number of anilines is 12. The Morgan fingerprint density at radius 1 is 0.416 bits per heavy atom. The van der Waals surface area contributed by atoms with E-state index in [1.807, 2.05) is 64.1 Å². The highest BCUT2D eigenvalue weighted by Gasteiger charge is 2.46. The molecule has 12 fully saturated rings. The molecule has 8 aliphatic carbocycles. The fraction of sp³-hybridized carbons (Fsp3) is 0.603. The molecule has 8 aromatic rings. The molecule has 0 aromatic carbocycles. The smallest absolute Gasteiger partial charge is 0.230 e. The Morgan fingerprint density at radius 2 is 0.717 bits per heavy atom. The molecule has 8 unspecified atom stereocenters. The second kappa shape index (κ2) is 33.1. The number of rotatable bonds is 22. The third-order valence-corrected chi connectivity index (χ3v) is 26.1. The maximum atomic E-state index is 12.0. The summed E-state index contributed by atoms with van der Waals surface area (Å²) in [4.78, 5) is 77.1. The van der Waals surface area contributed by atoms with Gasteiger partial charge in [0.25, 0.3) is 0 Å². The van der Waals surface area contributed by atoms with Crippen LogP contribution in [-0.4, -0.2) is 189 Å². The number of carbonyl (C=O) groups excluding carboxylic acids is 3. The summed E-state index contributed by atoms with van der Waals surface area (Å²) >= 11 is 25.4. The molecule has 8 saturated carbocycles. The summed E-state index contributed by atoms with van der Waals surface area (Å²) in [6.45, 7) is 13.0. The average molecular weight is 1620 g/mol. The Bertz CT molecular complexity index is 4690. The van der Waals surface area contributed by atoms with Gasteiger partial charge in [-0.2, -0.15) is 40.3 Å². The predicted molar refractivity (Wildman–Crippen MR) is 436 cm³/mol. The Morgan fingerprint density at radius 3 is 1.02 bits per heavy atom. The van der Waals surface area contributed by atoms with Crippen LogP contribution in [0.3, 0.4) is 0 Å². The second-order valence-corrected chi connectivity index (χ2v) is 35.1. The number of aryl methyl sites for hydroxylation is 2. The third kappa shape index (κ3) is 18.4. The number of nitrogens with zero attached hydrogens (tertiary/aromatic N) is 17. The van der Waals surface area contributed by atoms with E-state index >= 15 is 0 Å². The number of aromatic amines is 2. The molecule has 600 valence electrons. The summed E-state index contributed by atoms with van der Waals surface area (Å²) in [5.74, 6) is 16.0. The molecule has 12 aliphatic rings. The summed E-state index contributed by atoms with van der Waals surface area (Å²) < 4.78 is 3.68. The fourth-order valence-corrected chi connectivity index (χ4v) is 19.0. The summed E-state index contributed by atoms with van der Waals surface area (Å²) in [5.41, 5.74) is 4.59. The van der Waals surface area contributed by atoms with Gasteiger partial charge in [-0.25, -0.2) is 19.9 Å². The van der Waals surface area contributed by atoms with E-state index in [1.54, 1.807) is 31.7 Å². The number of nitrogens with one attached hydrogen (secondary N) is 11. The number of hydrogen-bond donors (Lipinski definition) is 11. The quantitative estimate of drug-likeness (QED) is 0.0300. The van der Waals surface area contributed by atoms with Gasteiger partial charge in [0.2, 0.25) is 41.5 Å². The standard InChI is InChI=1S/C21H28ClN7O.C20H26ClN7O.C19H24ClN7O.C18H24ClN7/c1-3-19(30)29-10-13-6-15(7-14(13)11-29)24-20-16(22)9-23-21(26-20)25-18-8-17(12-4-5-12)27-28(18)2;1-2-18(29)28-9-12-5-14(6-13(12)10-28)23-19-15(21)8-22-20(25-19)24-17-7-16(26-27-17)11-3-4-11;1-10(28)27-8-12-4-14(5-13(12)9-27)22-18-15(20)7-21-19(24-18)23-17-6-16(25-26-17)11-2-3-11;1-26-16(6-15(25-26)10-2-3-10)23-18-21-9-14(19)17(24-18)22-13-4-11-7-20-8-12(11)5-13/h8-9,12-15H,3-7,10-11H2,1-2H3,(H2,23,24,25,26);7-8,11-14H,2-6,9-10H2,1H3,(H3,22,23,24,25,26,27);6-7,11-14H,2-5,8-9H2,1H3,(H3,21,22,23,24,25,26);6,9-13,20H,2-5,7-8H2,1H3,(H2,21,22,23,24). The van der Waals surface area contributed by atoms with Crippen LogP contribution < -0.4 is 47.9 Å². The van der Waals surface area contributed by atoms with Crippen LogP contribution in [0.4, 0.5) is 70.3 Å². The maximum absolute atomic E-state index is 12.0. The van der Waals surface area contributed by atoms with Crippen molar-refractivity contribution in [2.24, 2.45) is 61.4 Å². The minimum Gasteiger partial charge on any atom is -0.366 e. The number of likely N-dealkylation sites (tertiary alicyclic amines) is 3. The number of amides is 3. The van der Waals surface area contributed by atoms with Crippen LogP contribution in [0.1, 0.15) is 183 Å². The summed E-state index contributed by atoms with van der Waals surface area (Å²) in [5, 5.41) is 56.4. The number of halogens is 4. The molecule has 4 aliphatic heterocycles. The van der Waals surface area contributed by atoms with Gasteiger partial charge in [-0.15, -0.1) is 0 Å². The highest BCUT2D eigenvalue weighted by Crippen LogP contribution is 2.47. The molecular formula is C78H102Cl4N28O3. The minimum atomic E-state index is 0.177. The molecule has 11 N–H and O–H groups in total. The molecule has 8 aromatic heterocycles. The number of fused-ring (bicyclic) bond motifs is 4. The molecular weight excluding hydrogens is 1520 g/mol. The van der Waals surface area contributed by atoms with Gasteiger partial charge in [-0.05, 0) is 163 Å². The molecule has 3 amide bonds. The van der Waals surface area contributed by atoms with Crippen LogP contribution in [0.15, 0.2) is 49.1 Å². The van der Waals surface area contributed by atoms with Crippen molar-refractivity contribution in [3.05, 3.63) is 91.9 Å². The van der Waals surface area contributed by atoms with Crippen molar-refractivity contribution in [1.82, 2.24) is 99.8 Å². The topological polar surface area (TPSA) is 365 Å². The lowest BCUT2D eigenvalue weighted by atomic mass is 10.0. The molecule has 0 bridgehead atoms. The SMILES string of the molecule is CC(=O)N1CC2CC(Nc3nc(Nc4cc(C5CC5)[nH]n4)ncc3Cl)CC2C1.CCC(=O)N1CC2CC(Nc3nc(Nc4cc(C5CC5)[nH]n4)ncc3Cl)CC2C1.CCC(=O)N1CC2CC(Nc3nc(Nc4cc(C5CC5)nn4C)ncc3Cl)CC2C1.Cn1nc(C2CC2)cc1Nc1ncc(Cl)c(NC2CC3CNCC3C2)n1. The highest BCUT2D eigenvalue weighted by molar-refractivity contribution is 6.33. The molecule has 12 heterocycles. The first-order valence-electron chi connectivity index (χ1n) is 40.7. The minimum absolute atomic E-state index is 0.177. The van der Waals surface area contributed by atoms with Crippen LogP contribution in [0.5, 0.6) is 0 Å². The van der Waals surface area contributed by atoms with E-state index in [9.17, 15) is 14.4 Å². The van der Waals surface area contributed by atoms with Crippen molar-refractivity contribution >= 4 is 134 Å². The van der Waals surface area contributed by atoms with Gasteiger partial charge in [0, 0.05) is 157 Å². The number of hydrogen-bond acceptors (Lipinski definition) is 24. The number of H-pyrrole nitrogens is 2. The zero-order valence-electron chi connectivity index (χ0n) is 64.6. The van der Waals surface area contributed by atoms with E-state index in [-0.39, 0.29) is 17.7 Å². The van der Waals surface area contributed by atoms with E-state index in [0.717, 1.165) is 149 Å². The van der Waals surface area contributed by atoms with Gasteiger partial charge >= 0.3 is 0 Å². The van der Waals surface area contributed by atoms with Crippen molar-refractivity contribution in [3.8, 4) is 0 Å². The van der Waals surface area contributed by atoms with Crippen LogP contribution in [0.25, 0.3) is 0 Å². The van der Waals surface area contributed by atoms with Crippen LogP contribution >= 0.6 is 46.4 Å². The molecule has 31 nitrogen and oxygen atoms in total. The Balaban J connectivity index is 0.000000109. The molecule has 4 saturated heterocycles. The lowest BCUT2D eigenvalue weighted by Crippen LogP contribution is -2.30. The maximum Gasteiger partial charge on any atom is 0.230 e. The second-order valence-electron chi connectivity index (χ2n) is 33.4. The van der Waals surface area contributed by atoms with Gasteiger partial charge in [-0.3, -0.25) is 33.9 Å². The van der Waals surface area contributed by atoms with Crippen molar-refractivity contribution in [2.45, 2.75) is 184 Å². The molecule has 20 rings (SSSR count). The van der Waals surface area contributed by atoms with Crippen LogP contribution in [0, 0.1) is 47.3 Å². The van der Waals surface area contributed by atoms with Crippen LogP contribution in [0.2, 0.25) is 20.1 Å². The van der Waals surface area contributed by atoms with Crippen molar-refractivity contribution in [1.29, 1.82) is 0 Å². The predicted octanol–water partition coefficient (Wildman–Crippen LogP) is 13.1. The summed E-state index contributed by atoms with van der Waals surface area (Å²) in [6, 6.07) is 9.58. The van der Waals surface area contributed by atoms with Gasteiger partial charge < -0.3 is 62.6 Å². The van der Waals surface area contributed by atoms with Crippen molar-refractivity contribution in [3.63, 3.8) is 0 Å². The summed E-state index contributed by atoms with van der Waals surface area (Å²) in [7, 11) is 3.86. The third-order valence-electron chi connectivity index (χ3n) is 25.0. The molecule has 35 heteroatoms. The molecule has 0 spiro atoms. The van der Waals surface area contributed by atoms with E-state index in [4.69, 9.17) is 46.4 Å². The van der Waals surface area contributed by atoms with Crippen molar-refractivity contribution < 1.29 is 14.4 Å². The first-order chi connectivity index (χ1) is 54.8. The van der Waals surface area contributed by atoms with Gasteiger partial charge in [-0.1, -0.05) is 60.3 Å². The Hall–Kier alpha value is -8.91. The van der Waals surface area contributed by atoms with E-state index < -0.39 is 0 Å². The van der Waals surface area contributed by atoms with Crippen LogP contribution in [-0.2, 0) is 28.5 Å². The molecule has 0 radical (unpaired) electrons. The normalized spacial score (nSPS) is 26.3. The number of carbonyl (C=O) groups is 3. The van der Waals surface area contributed by atoms with E-state index in [0.29, 0.717) is 163 Å². The fourth-order valence-electron chi connectivity index (χ4n) is 18.4. The van der Waals surface area contributed by atoms with Crippen molar-refractivity contribution in [2.75, 3.05) is 94.9 Å². The zero-order chi connectivity index (χ0) is 77.7. The average Bonchev–Trinajstić information content (AvgIpc) is 1.66. The monoisotopic (exact) mass is 1620 g/mol. The zero-order valence-corrected chi connectivity index (χ0v) is 67.6. The molecule has 8 atom stereocenters. The largest absolute Gasteiger partial charge is 0.366 e. The van der Waals surface area contributed by atoms with Gasteiger partial charge in [0.05, 0.1) is 36.2 Å². The van der Waals surface area contributed by atoms with Gasteiger partial charge in [0.15, 0.2) is 34.9 Å². The first-order valence-corrected chi connectivity index (χ1v) is 42.2. The highest BCUT2D eigenvalue weighted by atomic mass is 35.5. The van der Waals surface area contributed by atoms with E-state index in [2.05, 4.69) is 130 Å². The summed E-state index contributed by atoms with van der Waals surface area (Å²) in [6.07, 6.45) is 26.0. The number of aromatic nitrogens is 16. The van der Waals surface area contributed by atoms with Gasteiger partial charge in [0.1, 0.15) is 31.7 Å². The Labute approximate surface area is 677 Å². The molecule has 113 heavy (non-hydrogen) atoms. The lowest BCUT2D eigenvalue weighted by molar-refractivity contribution is -0.130. The lowest BCUT2D eigenvalue weighted by Gasteiger charge is -2.20. The Kier molecular flexibility index (Phi) is 22.5. The first kappa shape index (κ1) is 76.7.